The maximum absolute atomic E-state index is 12.5. The van der Waals surface area contributed by atoms with Crippen LogP contribution >= 0.6 is 0 Å². The van der Waals surface area contributed by atoms with E-state index in [1.165, 1.54) is 12.3 Å². The number of nitrogens with zero attached hydrogens (tertiary/aromatic N) is 1. The molecule has 0 fully saturated rings. The number of hydrogen-bond donors (Lipinski definition) is 2. The largest absolute Gasteiger partial charge is 0.506 e. The van der Waals surface area contributed by atoms with E-state index in [0.29, 0.717) is 11.4 Å². The highest BCUT2D eigenvalue weighted by molar-refractivity contribution is 6.08. The molecule has 3 aromatic rings. The highest BCUT2D eigenvalue weighted by Gasteiger charge is 2.12. The molecule has 1 amide bonds. The Morgan fingerprint density at radius 2 is 1.64 bits per heavy atom. The van der Waals surface area contributed by atoms with Crippen LogP contribution in [-0.4, -0.2) is 16.0 Å². The summed E-state index contributed by atoms with van der Waals surface area (Å²) in [6, 6.07) is 20.2. The molecule has 0 unspecified atom stereocenters. The van der Waals surface area contributed by atoms with Gasteiger partial charge in [-0.1, -0.05) is 48.5 Å². The van der Waals surface area contributed by atoms with Crippen molar-refractivity contribution in [2.24, 2.45) is 0 Å². The van der Waals surface area contributed by atoms with Crippen LogP contribution in [0.4, 0.5) is 5.82 Å². The molecule has 0 saturated heterocycles. The second-order valence-electron chi connectivity index (χ2n) is 4.77. The average molecular weight is 290 g/mol. The first-order chi connectivity index (χ1) is 10.7. The summed E-state index contributed by atoms with van der Waals surface area (Å²) in [5.41, 5.74) is 2.41. The first-order valence-corrected chi connectivity index (χ1v) is 6.85. The third-order valence-electron chi connectivity index (χ3n) is 3.25. The molecule has 2 N–H and O–H groups in total. The van der Waals surface area contributed by atoms with Crippen molar-refractivity contribution in [1.29, 1.82) is 0 Å². The van der Waals surface area contributed by atoms with Crippen molar-refractivity contribution < 1.29 is 9.90 Å². The van der Waals surface area contributed by atoms with Gasteiger partial charge < -0.3 is 10.4 Å². The van der Waals surface area contributed by atoms with Crippen molar-refractivity contribution in [3.63, 3.8) is 0 Å². The minimum Gasteiger partial charge on any atom is -0.506 e. The van der Waals surface area contributed by atoms with E-state index in [0.717, 1.165) is 11.1 Å². The van der Waals surface area contributed by atoms with Crippen LogP contribution in [0.1, 0.15) is 10.4 Å². The fourth-order valence-electron chi connectivity index (χ4n) is 2.19. The number of carbonyl (C=O) groups is 1. The van der Waals surface area contributed by atoms with E-state index in [1.807, 2.05) is 48.5 Å². The summed E-state index contributed by atoms with van der Waals surface area (Å²) in [4.78, 5) is 16.4. The zero-order valence-electron chi connectivity index (χ0n) is 11.7. The van der Waals surface area contributed by atoms with Crippen molar-refractivity contribution in [3.8, 4) is 16.9 Å². The van der Waals surface area contributed by atoms with E-state index < -0.39 is 0 Å². The SMILES string of the molecule is O=C(Nc1ccc(O)cn1)c1ccccc1-c1ccccc1. The quantitative estimate of drug-likeness (QED) is 0.773. The molecule has 0 aliphatic rings. The minimum absolute atomic E-state index is 0.0580. The van der Waals surface area contributed by atoms with Gasteiger partial charge in [0.1, 0.15) is 11.6 Å². The molecule has 2 aromatic carbocycles. The second kappa shape index (κ2) is 6.10. The van der Waals surface area contributed by atoms with Crippen molar-refractivity contribution in [2.75, 3.05) is 5.32 Å². The highest BCUT2D eigenvalue weighted by atomic mass is 16.3. The standard InChI is InChI=1S/C18H14N2O2/c21-14-10-11-17(19-12-14)20-18(22)16-9-5-4-8-15(16)13-6-2-1-3-7-13/h1-12,21H,(H,19,20,22). The number of pyridine rings is 1. The molecule has 0 aliphatic heterocycles. The van der Waals surface area contributed by atoms with Crippen LogP contribution in [-0.2, 0) is 0 Å². The van der Waals surface area contributed by atoms with Crippen molar-refractivity contribution in [3.05, 3.63) is 78.5 Å². The summed E-state index contributed by atoms with van der Waals surface area (Å²) >= 11 is 0. The third-order valence-corrected chi connectivity index (χ3v) is 3.25. The van der Waals surface area contributed by atoms with Crippen LogP contribution in [0.15, 0.2) is 72.9 Å². The van der Waals surface area contributed by atoms with Crippen molar-refractivity contribution in [2.45, 2.75) is 0 Å². The van der Waals surface area contributed by atoms with Gasteiger partial charge in [0.25, 0.3) is 5.91 Å². The van der Waals surface area contributed by atoms with Crippen LogP contribution in [0.3, 0.4) is 0 Å². The summed E-state index contributed by atoms with van der Waals surface area (Å²) in [5, 5.41) is 12.0. The molecule has 1 aromatic heterocycles. The molecule has 0 radical (unpaired) electrons. The van der Waals surface area contributed by atoms with Gasteiger partial charge in [0.05, 0.1) is 6.20 Å². The van der Waals surface area contributed by atoms with Gasteiger partial charge in [-0.2, -0.15) is 0 Å². The van der Waals surface area contributed by atoms with E-state index in [1.54, 1.807) is 12.1 Å². The number of aromatic hydroxyl groups is 1. The topological polar surface area (TPSA) is 62.2 Å². The zero-order valence-corrected chi connectivity index (χ0v) is 11.7. The molecule has 1 heterocycles. The van der Waals surface area contributed by atoms with Gasteiger partial charge in [0.2, 0.25) is 0 Å². The van der Waals surface area contributed by atoms with Gasteiger partial charge >= 0.3 is 0 Å². The lowest BCUT2D eigenvalue weighted by molar-refractivity contribution is 0.102. The Balaban J connectivity index is 1.91. The molecule has 22 heavy (non-hydrogen) atoms. The molecular formula is C18H14N2O2. The number of carbonyl (C=O) groups excluding carboxylic acids is 1. The zero-order chi connectivity index (χ0) is 15.4. The minimum atomic E-state index is -0.238. The Hall–Kier alpha value is -3.14. The molecule has 0 bridgehead atoms. The van der Waals surface area contributed by atoms with Crippen LogP contribution in [0, 0.1) is 0 Å². The number of amides is 1. The maximum Gasteiger partial charge on any atom is 0.257 e. The van der Waals surface area contributed by atoms with E-state index in [-0.39, 0.29) is 11.7 Å². The van der Waals surface area contributed by atoms with Crippen LogP contribution in [0.5, 0.6) is 5.75 Å². The number of hydrogen-bond acceptors (Lipinski definition) is 3. The lowest BCUT2D eigenvalue weighted by Crippen LogP contribution is -2.13. The van der Waals surface area contributed by atoms with Crippen LogP contribution in [0.25, 0.3) is 11.1 Å². The van der Waals surface area contributed by atoms with Crippen molar-refractivity contribution >= 4 is 11.7 Å². The second-order valence-corrected chi connectivity index (χ2v) is 4.77. The summed E-state index contributed by atoms with van der Waals surface area (Å²) in [7, 11) is 0. The third kappa shape index (κ3) is 2.96. The molecule has 0 atom stereocenters. The summed E-state index contributed by atoms with van der Waals surface area (Å²) in [5.74, 6) is 0.214. The fourth-order valence-corrected chi connectivity index (χ4v) is 2.19. The smallest absolute Gasteiger partial charge is 0.257 e. The van der Waals surface area contributed by atoms with Crippen LogP contribution in [0.2, 0.25) is 0 Å². The number of rotatable bonds is 3. The predicted molar refractivity (Wildman–Crippen MR) is 85.7 cm³/mol. The van der Waals surface area contributed by atoms with E-state index in [2.05, 4.69) is 10.3 Å². The molecule has 4 nitrogen and oxygen atoms in total. The first-order valence-electron chi connectivity index (χ1n) is 6.85. The molecule has 0 aliphatic carbocycles. The lowest BCUT2D eigenvalue weighted by Gasteiger charge is -2.10. The number of anilines is 1. The van der Waals surface area contributed by atoms with Crippen molar-refractivity contribution in [1.82, 2.24) is 4.98 Å². The number of benzene rings is 2. The van der Waals surface area contributed by atoms with E-state index >= 15 is 0 Å². The Kier molecular flexibility index (Phi) is 3.83. The van der Waals surface area contributed by atoms with E-state index in [4.69, 9.17) is 0 Å². The number of aromatic nitrogens is 1. The Morgan fingerprint density at radius 1 is 0.909 bits per heavy atom. The molecular weight excluding hydrogens is 276 g/mol. The molecule has 3 rings (SSSR count). The first kappa shape index (κ1) is 13.8. The normalized spacial score (nSPS) is 10.2. The Labute approximate surface area is 128 Å². The van der Waals surface area contributed by atoms with Crippen LogP contribution < -0.4 is 5.32 Å². The summed E-state index contributed by atoms with van der Waals surface area (Å²) in [6.45, 7) is 0. The molecule has 4 heteroatoms. The van der Waals surface area contributed by atoms with Gasteiger partial charge in [0.15, 0.2) is 0 Å². The Bertz CT molecular complexity index is 784. The summed E-state index contributed by atoms with van der Waals surface area (Å²) in [6.07, 6.45) is 1.29. The van der Waals surface area contributed by atoms with Gasteiger partial charge in [-0.15, -0.1) is 0 Å². The summed E-state index contributed by atoms with van der Waals surface area (Å²) < 4.78 is 0. The van der Waals surface area contributed by atoms with Gasteiger partial charge in [-0.05, 0) is 29.3 Å². The fraction of sp³-hybridized carbons (Fsp3) is 0. The predicted octanol–water partition coefficient (Wildman–Crippen LogP) is 3.71. The highest BCUT2D eigenvalue weighted by Crippen LogP contribution is 2.24. The van der Waals surface area contributed by atoms with Gasteiger partial charge in [0, 0.05) is 5.56 Å². The maximum atomic E-state index is 12.5. The Morgan fingerprint density at radius 3 is 2.36 bits per heavy atom. The molecule has 0 spiro atoms. The molecule has 0 saturated carbocycles. The van der Waals surface area contributed by atoms with Gasteiger partial charge in [-0.25, -0.2) is 4.98 Å². The van der Waals surface area contributed by atoms with E-state index in [9.17, 15) is 9.90 Å². The lowest BCUT2D eigenvalue weighted by atomic mass is 9.99. The number of nitrogens with one attached hydrogen (secondary N) is 1. The van der Waals surface area contributed by atoms with Gasteiger partial charge in [-0.3, -0.25) is 4.79 Å². The average Bonchev–Trinajstić information content (AvgIpc) is 2.58. The molecule has 108 valence electrons. The monoisotopic (exact) mass is 290 g/mol.